The molecule has 1 amide bonds. The summed E-state index contributed by atoms with van der Waals surface area (Å²) in [5, 5.41) is 8.68. The van der Waals surface area contributed by atoms with Crippen LogP contribution >= 0.6 is 11.3 Å². The van der Waals surface area contributed by atoms with Gasteiger partial charge in [-0.3, -0.25) is 0 Å². The number of anilines is 1. The van der Waals surface area contributed by atoms with Crippen molar-refractivity contribution in [2.75, 3.05) is 4.90 Å². The summed E-state index contributed by atoms with van der Waals surface area (Å²) >= 11 is 0.315. The maximum atomic E-state index is 13.0. The molecule has 1 N–H and O–H groups in total. The smallest absolute Gasteiger partial charge is 0.435 e. The molecule has 0 aliphatic heterocycles. The van der Waals surface area contributed by atoms with Crippen LogP contribution in [0.3, 0.4) is 0 Å². The number of hydrogen-bond acceptors (Lipinski definition) is 5. The van der Waals surface area contributed by atoms with Crippen molar-refractivity contribution >= 4 is 28.5 Å². The standard InChI is InChI=1S/C16H13F3N2O4S/c17-16(18,19)12-11(13(22)23)26-14(20-12)21(10-6-7-10)15(24)25-8-9-4-2-1-3-5-9/h1-5,10H,6-8H2,(H,22,23). The Labute approximate surface area is 149 Å². The molecule has 10 heteroatoms. The number of carbonyl (C=O) groups excluding carboxylic acids is 1. The molecular weight excluding hydrogens is 373 g/mol. The maximum Gasteiger partial charge on any atom is 0.435 e. The van der Waals surface area contributed by atoms with Crippen molar-refractivity contribution in [2.45, 2.75) is 31.7 Å². The Hall–Kier alpha value is -2.62. The van der Waals surface area contributed by atoms with E-state index in [0.29, 0.717) is 24.2 Å². The highest BCUT2D eigenvalue weighted by atomic mass is 32.1. The summed E-state index contributed by atoms with van der Waals surface area (Å²) in [6, 6.07) is 8.45. The molecule has 6 nitrogen and oxygen atoms in total. The highest BCUT2D eigenvalue weighted by molar-refractivity contribution is 7.17. The van der Waals surface area contributed by atoms with Gasteiger partial charge in [-0.2, -0.15) is 13.2 Å². The largest absolute Gasteiger partial charge is 0.477 e. The van der Waals surface area contributed by atoms with E-state index in [9.17, 15) is 22.8 Å². The number of carboxylic acid groups (broad SMARTS) is 1. The number of thiazole rings is 1. The van der Waals surface area contributed by atoms with Crippen molar-refractivity contribution in [1.82, 2.24) is 4.98 Å². The molecule has 0 spiro atoms. The Morgan fingerprint density at radius 2 is 1.92 bits per heavy atom. The highest BCUT2D eigenvalue weighted by Gasteiger charge is 2.43. The summed E-state index contributed by atoms with van der Waals surface area (Å²) in [4.78, 5) is 26.9. The number of hydrogen-bond donors (Lipinski definition) is 1. The van der Waals surface area contributed by atoms with Gasteiger partial charge < -0.3 is 9.84 Å². The van der Waals surface area contributed by atoms with E-state index in [1.54, 1.807) is 30.3 Å². The van der Waals surface area contributed by atoms with Crippen LogP contribution in [0.5, 0.6) is 0 Å². The molecule has 1 aromatic carbocycles. The average molecular weight is 386 g/mol. The number of nitrogens with zero attached hydrogens (tertiary/aromatic N) is 2. The first-order valence-corrected chi connectivity index (χ1v) is 8.40. The van der Waals surface area contributed by atoms with Crippen molar-refractivity contribution in [1.29, 1.82) is 0 Å². The van der Waals surface area contributed by atoms with Gasteiger partial charge in [-0.05, 0) is 18.4 Å². The maximum absolute atomic E-state index is 13.0. The van der Waals surface area contributed by atoms with Crippen molar-refractivity contribution in [2.24, 2.45) is 0 Å². The number of alkyl halides is 3. The lowest BCUT2D eigenvalue weighted by molar-refractivity contribution is -0.141. The van der Waals surface area contributed by atoms with E-state index in [1.807, 2.05) is 0 Å². The third kappa shape index (κ3) is 3.96. The van der Waals surface area contributed by atoms with Gasteiger partial charge in [0.2, 0.25) is 0 Å². The molecule has 0 saturated heterocycles. The fourth-order valence-electron chi connectivity index (χ4n) is 2.25. The van der Waals surface area contributed by atoms with Crippen LogP contribution in [0.15, 0.2) is 30.3 Å². The van der Waals surface area contributed by atoms with E-state index in [4.69, 9.17) is 9.84 Å². The van der Waals surface area contributed by atoms with Crippen LogP contribution in [0.4, 0.5) is 23.1 Å². The van der Waals surface area contributed by atoms with Crippen molar-refractivity contribution in [3.05, 3.63) is 46.5 Å². The van der Waals surface area contributed by atoms with Gasteiger partial charge in [0.15, 0.2) is 10.8 Å². The number of rotatable bonds is 5. The van der Waals surface area contributed by atoms with Crippen LogP contribution in [0.1, 0.15) is 33.8 Å². The molecule has 1 aromatic heterocycles. The molecule has 1 saturated carbocycles. The SMILES string of the molecule is O=C(O)c1sc(N(C(=O)OCc2ccccc2)C2CC2)nc1C(F)(F)F. The van der Waals surface area contributed by atoms with Gasteiger partial charge in [0.25, 0.3) is 0 Å². The van der Waals surface area contributed by atoms with Crippen LogP contribution in [-0.4, -0.2) is 28.2 Å². The summed E-state index contributed by atoms with van der Waals surface area (Å²) < 4.78 is 44.2. The lowest BCUT2D eigenvalue weighted by Gasteiger charge is -2.18. The van der Waals surface area contributed by atoms with Gasteiger partial charge in [0.05, 0.1) is 0 Å². The average Bonchev–Trinajstić information content (AvgIpc) is 3.29. The molecule has 0 unspecified atom stereocenters. The number of aromatic nitrogens is 1. The van der Waals surface area contributed by atoms with Gasteiger partial charge in [-0.25, -0.2) is 19.5 Å². The number of benzene rings is 1. The molecule has 26 heavy (non-hydrogen) atoms. The normalized spacial score (nSPS) is 14.1. The lowest BCUT2D eigenvalue weighted by Crippen LogP contribution is -2.33. The molecule has 0 bridgehead atoms. The second kappa shape index (κ2) is 6.94. The summed E-state index contributed by atoms with van der Waals surface area (Å²) in [5.74, 6) is -1.74. The van der Waals surface area contributed by atoms with E-state index in [-0.39, 0.29) is 17.8 Å². The Kier molecular flexibility index (Phi) is 4.86. The molecule has 1 aliphatic rings. The van der Waals surface area contributed by atoms with E-state index in [0.717, 1.165) is 10.5 Å². The minimum Gasteiger partial charge on any atom is -0.477 e. The Bertz CT molecular complexity index is 819. The van der Waals surface area contributed by atoms with E-state index in [1.165, 1.54) is 0 Å². The predicted octanol–water partition coefficient (Wildman–Crippen LogP) is 4.17. The van der Waals surface area contributed by atoms with E-state index < -0.39 is 28.8 Å². The Balaban J connectivity index is 1.84. The van der Waals surface area contributed by atoms with Gasteiger partial charge in [0, 0.05) is 6.04 Å². The zero-order chi connectivity index (χ0) is 18.9. The molecule has 0 atom stereocenters. The third-order valence-electron chi connectivity index (χ3n) is 3.60. The quantitative estimate of drug-likeness (QED) is 0.835. The molecule has 3 rings (SSSR count). The fraction of sp³-hybridized carbons (Fsp3) is 0.312. The molecule has 2 aromatic rings. The van der Waals surface area contributed by atoms with Gasteiger partial charge in [0.1, 0.15) is 11.5 Å². The topological polar surface area (TPSA) is 79.7 Å². The molecule has 1 fully saturated rings. The monoisotopic (exact) mass is 386 g/mol. The van der Waals surface area contributed by atoms with Crippen molar-refractivity contribution in [3.8, 4) is 0 Å². The first kappa shape index (κ1) is 18.2. The Morgan fingerprint density at radius 3 is 2.42 bits per heavy atom. The van der Waals surface area contributed by atoms with E-state index >= 15 is 0 Å². The number of carbonyl (C=O) groups is 2. The molecule has 0 radical (unpaired) electrons. The van der Waals surface area contributed by atoms with Gasteiger partial charge in [-0.1, -0.05) is 41.7 Å². The zero-order valence-electron chi connectivity index (χ0n) is 13.2. The predicted molar refractivity (Wildman–Crippen MR) is 86.2 cm³/mol. The van der Waals surface area contributed by atoms with Crippen LogP contribution in [-0.2, 0) is 17.5 Å². The number of carboxylic acids is 1. The minimum atomic E-state index is -4.92. The van der Waals surface area contributed by atoms with Crippen LogP contribution in [0, 0.1) is 0 Å². The third-order valence-corrected chi connectivity index (χ3v) is 4.64. The number of halogens is 3. The highest BCUT2D eigenvalue weighted by Crippen LogP contribution is 2.40. The second-order valence-corrected chi connectivity index (χ2v) is 6.60. The molecule has 1 aliphatic carbocycles. The van der Waals surface area contributed by atoms with Gasteiger partial charge in [-0.15, -0.1) is 0 Å². The summed E-state index contributed by atoms with van der Waals surface area (Å²) in [7, 11) is 0. The molecule has 138 valence electrons. The summed E-state index contributed by atoms with van der Waals surface area (Å²) in [6.07, 6.45) is -4.60. The number of ether oxygens (including phenoxy) is 1. The van der Waals surface area contributed by atoms with Crippen LogP contribution in [0.2, 0.25) is 0 Å². The van der Waals surface area contributed by atoms with Crippen molar-refractivity contribution < 1.29 is 32.6 Å². The van der Waals surface area contributed by atoms with Crippen LogP contribution in [0.25, 0.3) is 0 Å². The summed E-state index contributed by atoms with van der Waals surface area (Å²) in [6.45, 7) is -0.0494. The second-order valence-electron chi connectivity index (χ2n) is 5.62. The van der Waals surface area contributed by atoms with E-state index in [2.05, 4.69) is 4.98 Å². The fourth-order valence-corrected chi connectivity index (χ4v) is 3.24. The zero-order valence-corrected chi connectivity index (χ0v) is 14.0. The van der Waals surface area contributed by atoms with Gasteiger partial charge >= 0.3 is 18.2 Å². The summed E-state index contributed by atoms with van der Waals surface area (Å²) in [5.41, 5.74) is -0.788. The first-order chi connectivity index (χ1) is 12.3. The van der Waals surface area contributed by atoms with Crippen molar-refractivity contribution in [3.63, 3.8) is 0 Å². The molecule has 1 heterocycles. The van der Waals surface area contributed by atoms with Crippen LogP contribution < -0.4 is 4.90 Å². The first-order valence-electron chi connectivity index (χ1n) is 7.58. The lowest BCUT2D eigenvalue weighted by atomic mass is 10.2. The number of aromatic carboxylic acids is 1. The number of amides is 1. The molecular formula is C16H13F3N2O4S. The Morgan fingerprint density at radius 1 is 1.27 bits per heavy atom. The minimum absolute atomic E-state index is 0.0494.